The Hall–Kier alpha value is -2.17. The maximum absolute atomic E-state index is 13.7. The van der Waals surface area contributed by atoms with Gasteiger partial charge in [0.15, 0.2) is 0 Å². The lowest BCUT2D eigenvalue weighted by atomic mass is 9.93. The number of alkyl carbamates (subject to hydrolysis) is 1. The first kappa shape index (κ1) is 48.8. The van der Waals surface area contributed by atoms with Gasteiger partial charge in [0.05, 0.1) is 19.6 Å². The minimum atomic E-state index is -7.97. The van der Waals surface area contributed by atoms with E-state index in [-0.39, 0.29) is 6.42 Å². The van der Waals surface area contributed by atoms with E-state index in [9.17, 15) is 66.7 Å². The largest absolute Gasteiger partial charge is 0.465 e. The molecule has 51 heavy (non-hydrogen) atoms. The summed E-state index contributed by atoms with van der Waals surface area (Å²) in [7, 11) is 0. The van der Waals surface area contributed by atoms with Gasteiger partial charge in [-0.2, -0.15) is 57.1 Å². The molecule has 0 rings (SSSR count). The topological polar surface area (TPSA) is 64.6 Å². The molecule has 0 unspecified atom stereocenters. The van der Waals surface area contributed by atoms with Gasteiger partial charge in [-0.25, -0.2) is 4.79 Å². The van der Waals surface area contributed by atoms with Crippen molar-refractivity contribution in [3.8, 4) is 0 Å². The van der Waals surface area contributed by atoms with Crippen LogP contribution in [-0.4, -0.2) is 67.6 Å². The van der Waals surface area contributed by atoms with Crippen molar-refractivity contribution in [3.63, 3.8) is 0 Å². The molecule has 0 spiro atoms. The highest BCUT2D eigenvalue weighted by Crippen LogP contribution is 2.60. The number of amides is 1. The van der Waals surface area contributed by atoms with E-state index in [1.165, 1.54) is 64.2 Å². The third kappa shape index (κ3) is 16.6. The van der Waals surface area contributed by atoms with Crippen molar-refractivity contribution >= 4 is 12.1 Å². The van der Waals surface area contributed by atoms with Gasteiger partial charge < -0.3 is 14.8 Å². The first-order chi connectivity index (χ1) is 23.6. The van der Waals surface area contributed by atoms with E-state index in [0.29, 0.717) is 38.8 Å². The molecular weight excluding hydrogens is 721 g/mol. The number of unbranched alkanes of at least 4 members (excludes halogenated alkanes) is 17. The fourth-order valence-corrected chi connectivity index (χ4v) is 4.95. The van der Waals surface area contributed by atoms with Crippen LogP contribution in [0.5, 0.6) is 0 Å². The van der Waals surface area contributed by atoms with Crippen molar-refractivity contribution in [1.82, 2.24) is 5.32 Å². The van der Waals surface area contributed by atoms with Crippen molar-refractivity contribution < 1.29 is 76.1 Å². The van der Waals surface area contributed by atoms with Crippen LogP contribution in [0.25, 0.3) is 0 Å². The zero-order chi connectivity index (χ0) is 39.2. The second kappa shape index (κ2) is 23.5. The van der Waals surface area contributed by atoms with Gasteiger partial charge in [0.1, 0.15) is 0 Å². The molecule has 0 aromatic heterocycles. The van der Waals surface area contributed by atoms with Gasteiger partial charge in [0.25, 0.3) is 0 Å². The number of halogens is 13. The summed E-state index contributed by atoms with van der Waals surface area (Å²) in [5.41, 5.74) is 0. The predicted molar refractivity (Wildman–Crippen MR) is 164 cm³/mol. The SMILES string of the molecule is CCCCCCCCCCCCCCCCOC(=O)NCCCCCCCC(=O)OCCC(F)(F)C(F)(F)C(F)(F)C(F)(F)C(F)(F)C(F)(F)F. The normalized spacial score (nSPS) is 13.4. The number of alkyl halides is 13. The Morgan fingerprint density at radius 1 is 0.471 bits per heavy atom. The van der Waals surface area contributed by atoms with E-state index >= 15 is 0 Å². The minimum Gasteiger partial charge on any atom is -0.465 e. The van der Waals surface area contributed by atoms with E-state index in [4.69, 9.17) is 4.74 Å². The number of hydrogen-bond donors (Lipinski definition) is 1. The third-order valence-corrected chi connectivity index (χ3v) is 8.24. The Morgan fingerprint density at radius 2 is 0.882 bits per heavy atom. The Labute approximate surface area is 291 Å². The summed E-state index contributed by atoms with van der Waals surface area (Å²) in [6.07, 6.45) is 8.07. The van der Waals surface area contributed by atoms with Crippen LogP contribution >= 0.6 is 0 Å². The molecule has 0 saturated carbocycles. The maximum atomic E-state index is 13.7. The van der Waals surface area contributed by atoms with Crippen LogP contribution in [0, 0.1) is 0 Å². The smallest absolute Gasteiger partial charge is 0.460 e. The van der Waals surface area contributed by atoms with Crippen molar-refractivity contribution in [1.29, 1.82) is 0 Å². The molecular formula is C33H52F13NO4. The highest BCUT2D eigenvalue weighted by atomic mass is 19.4. The number of rotatable bonds is 30. The molecule has 0 saturated heterocycles. The molecule has 0 aromatic rings. The molecule has 304 valence electrons. The summed E-state index contributed by atoms with van der Waals surface area (Å²) in [4.78, 5) is 23.4. The molecule has 0 atom stereocenters. The van der Waals surface area contributed by atoms with Crippen molar-refractivity contribution in [3.05, 3.63) is 0 Å². The second-order valence-corrected chi connectivity index (χ2v) is 12.6. The van der Waals surface area contributed by atoms with Crippen molar-refractivity contribution in [2.45, 2.75) is 178 Å². The lowest BCUT2D eigenvalue weighted by molar-refractivity contribution is -0.440. The van der Waals surface area contributed by atoms with E-state index in [0.717, 1.165) is 25.7 Å². The fourth-order valence-electron chi connectivity index (χ4n) is 4.95. The molecule has 0 aromatic carbocycles. The van der Waals surface area contributed by atoms with Gasteiger partial charge in [-0.1, -0.05) is 110 Å². The van der Waals surface area contributed by atoms with Gasteiger partial charge >= 0.3 is 47.9 Å². The summed E-state index contributed by atoms with van der Waals surface area (Å²) in [6, 6.07) is 0. The molecule has 0 aliphatic carbocycles. The Kier molecular flexibility index (Phi) is 22.5. The summed E-state index contributed by atoms with van der Waals surface area (Å²) in [6.45, 7) is 1.09. The van der Waals surface area contributed by atoms with Crippen LogP contribution in [0.15, 0.2) is 0 Å². The highest BCUT2D eigenvalue weighted by molar-refractivity contribution is 5.69. The number of hydrogen-bond acceptors (Lipinski definition) is 4. The molecule has 0 radical (unpaired) electrons. The summed E-state index contributed by atoms with van der Waals surface area (Å²) in [5, 5.41) is 2.59. The molecule has 0 heterocycles. The van der Waals surface area contributed by atoms with Gasteiger partial charge in [-0.15, -0.1) is 0 Å². The number of nitrogens with one attached hydrogen (secondary N) is 1. The number of carbonyl (C=O) groups is 2. The molecule has 0 aliphatic heterocycles. The number of esters is 1. The predicted octanol–water partition coefficient (Wildman–Crippen LogP) is 12.2. The first-order valence-corrected chi connectivity index (χ1v) is 17.6. The van der Waals surface area contributed by atoms with Crippen LogP contribution in [0.2, 0.25) is 0 Å². The lowest BCUT2D eigenvalue weighted by Crippen LogP contribution is -2.70. The summed E-state index contributed by atoms with van der Waals surface area (Å²) < 4.78 is 180. The standard InChI is InChI=1S/C33H52F13NO4/c1-2-3-4-5-6-7-8-9-10-11-12-13-17-20-24-51-27(49)47-23-19-16-14-15-18-21-26(48)50-25-22-28(34,35)29(36,37)30(38,39)31(40,41)32(42,43)33(44,45)46/h2-25H2,1H3,(H,47,49). The zero-order valence-electron chi connectivity index (χ0n) is 29.0. The summed E-state index contributed by atoms with van der Waals surface area (Å²) >= 11 is 0. The Bertz CT molecular complexity index is 964. The monoisotopic (exact) mass is 773 g/mol. The lowest BCUT2D eigenvalue weighted by Gasteiger charge is -2.39. The van der Waals surface area contributed by atoms with Gasteiger partial charge in [-0.3, -0.25) is 4.79 Å². The van der Waals surface area contributed by atoms with E-state index < -0.39 is 67.3 Å². The molecule has 0 fully saturated rings. The molecule has 18 heteroatoms. The Morgan fingerprint density at radius 3 is 1.35 bits per heavy atom. The second-order valence-electron chi connectivity index (χ2n) is 12.6. The number of carbonyl (C=O) groups excluding carboxylic acids is 2. The van der Waals surface area contributed by atoms with Crippen LogP contribution in [0.3, 0.4) is 0 Å². The highest BCUT2D eigenvalue weighted by Gasteiger charge is 2.90. The van der Waals surface area contributed by atoms with Gasteiger partial charge in [-0.05, 0) is 19.3 Å². The zero-order valence-corrected chi connectivity index (χ0v) is 29.0. The Balaban J connectivity index is 4.00. The van der Waals surface area contributed by atoms with Crippen molar-refractivity contribution in [2.75, 3.05) is 19.8 Å². The van der Waals surface area contributed by atoms with Crippen LogP contribution in [-0.2, 0) is 14.3 Å². The molecule has 0 aliphatic rings. The van der Waals surface area contributed by atoms with Gasteiger partial charge in [0.2, 0.25) is 0 Å². The molecule has 1 N–H and O–H groups in total. The average Bonchev–Trinajstić information content (AvgIpc) is 3.03. The van der Waals surface area contributed by atoms with Gasteiger partial charge in [0, 0.05) is 13.0 Å². The van der Waals surface area contributed by atoms with E-state index in [1.807, 2.05) is 0 Å². The third-order valence-electron chi connectivity index (χ3n) is 8.24. The average molecular weight is 774 g/mol. The van der Waals surface area contributed by atoms with E-state index in [1.54, 1.807) is 0 Å². The minimum absolute atomic E-state index is 0.108. The summed E-state index contributed by atoms with van der Waals surface area (Å²) in [5.74, 6) is -38.6. The molecule has 0 bridgehead atoms. The fraction of sp³-hybridized carbons (Fsp3) is 0.939. The molecule has 1 amide bonds. The molecule has 5 nitrogen and oxygen atoms in total. The van der Waals surface area contributed by atoms with E-state index in [2.05, 4.69) is 17.0 Å². The van der Waals surface area contributed by atoms with Crippen LogP contribution in [0.4, 0.5) is 61.9 Å². The van der Waals surface area contributed by atoms with Crippen molar-refractivity contribution in [2.24, 2.45) is 0 Å². The number of ether oxygens (including phenoxy) is 2. The first-order valence-electron chi connectivity index (χ1n) is 17.6. The quantitative estimate of drug-likeness (QED) is 0.0449. The maximum Gasteiger partial charge on any atom is 0.460 e. The van der Waals surface area contributed by atoms with Crippen LogP contribution in [0.1, 0.15) is 142 Å². The van der Waals surface area contributed by atoms with Crippen LogP contribution < -0.4 is 5.32 Å².